The van der Waals surface area contributed by atoms with Gasteiger partial charge in [-0.3, -0.25) is 4.90 Å². The van der Waals surface area contributed by atoms with Gasteiger partial charge in [0.05, 0.1) is 6.10 Å². The summed E-state index contributed by atoms with van der Waals surface area (Å²) in [4.78, 5) is 16.0. The van der Waals surface area contributed by atoms with E-state index in [4.69, 9.17) is 4.74 Å². The number of carbonyl (C=O) groups excluding carboxylic acids is 1. The van der Waals surface area contributed by atoms with Crippen molar-refractivity contribution in [2.45, 2.75) is 51.4 Å². The summed E-state index contributed by atoms with van der Waals surface area (Å²) in [6.45, 7) is 10.7. The molecular formula is C13H24N2O3. The maximum atomic E-state index is 12.0. The lowest BCUT2D eigenvalue weighted by molar-refractivity contribution is -0.0579. The number of hydrogen-bond acceptors (Lipinski definition) is 4. The van der Waals surface area contributed by atoms with Gasteiger partial charge < -0.3 is 14.7 Å². The molecule has 104 valence electrons. The average Bonchev–Trinajstić information content (AvgIpc) is 2.55. The van der Waals surface area contributed by atoms with Gasteiger partial charge in [0.15, 0.2) is 0 Å². The molecule has 1 N–H and O–H groups in total. The molecule has 5 nitrogen and oxygen atoms in total. The molecule has 0 aromatic heterocycles. The predicted octanol–water partition coefficient (Wildman–Crippen LogP) is 1.06. The first-order valence-corrected chi connectivity index (χ1v) is 6.61. The third-order valence-electron chi connectivity index (χ3n) is 3.73. The van der Waals surface area contributed by atoms with Crippen LogP contribution in [0.3, 0.4) is 0 Å². The Kier molecular flexibility index (Phi) is 3.32. The lowest BCUT2D eigenvalue weighted by Crippen LogP contribution is -2.62. The average molecular weight is 256 g/mol. The van der Waals surface area contributed by atoms with Crippen molar-refractivity contribution in [3.8, 4) is 0 Å². The molecule has 5 heteroatoms. The lowest BCUT2D eigenvalue weighted by Gasteiger charge is -2.47. The Morgan fingerprint density at radius 3 is 2.50 bits per heavy atom. The summed E-state index contributed by atoms with van der Waals surface area (Å²) >= 11 is 0. The van der Waals surface area contributed by atoms with Crippen molar-refractivity contribution >= 4 is 6.09 Å². The Hall–Kier alpha value is -0.810. The fraction of sp³-hybridized carbons (Fsp3) is 0.923. The van der Waals surface area contributed by atoms with Gasteiger partial charge in [0.25, 0.3) is 0 Å². The molecule has 0 aliphatic carbocycles. The summed E-state index contributed by atoms with van der Waals surface area (Å²) in [5, 5.41) is 9.37. The van der Waals surface area contributed by atoms with Crippen LogP contribution in [-0.4, -0.2) is 64.4 Å². The zero-order valence-corrected chi connectivity index (χ0v) is 11.8. The molecule has 18 heavy (non-hydrogen) atoms. The molecule has 0 radical (unpaired) electrons. The summed E-state index contributed by atoms with van der Waals surface area (Å²) < 4.78 is 5.39. The second kappa shape index (κ2) is 4.38. The van der Waals surface area contributed by atoms with E-state index in [1.165, 1.54) is 0 Å². The van der Waals surface area contributed by atoms with E-state index >= 15 is 0 Å². The van der Waals surface area contributed by atoms with Crippen LogP contribution in [0.4, 0.5) is 4.79 Å². The topological polar surface area (TPSA) is 53.0 Å². The van der Waals surface area contributed by atoms with Gasteiger partial charge in [0.1, 0.15) is 5.60 Å². The smallest absolute Gasteiger partial charge is 0.410 e. The Morgan fingerprint density at radius 1 is 1.39 bits per heavy atom. The molecule has 1 amide bonds. The number of ether oxygens (including phenoxy) is 1. The highest BCUT2D eigenvalue weighted by molar-refractivity contribution is 5.68. The van der Waals surface area contributed by atoms with E-state index in [1.54, 1.807) is 4.90 Å². The number of likely N-dealkylation sites (tertiary alicyclic amines) is 2. The number of rotatable bonds is 1. The third kappa shape index (κ3) is 2.78. The van der Waals surface area contributed by atoms with Gasteiger partial charge in [-0.2, -0.15) is 0 Å². The molecule has 2 saturated heterocycles. The van der Waals surface area contributed by atoms with Gasteiger partial charge in [-0.25, -0.2) is 4.79 Å². The van der Waals surface area contributed by atoms with Crippen molar-refractivity contribution in [1.29, 1.82) is 0 Å². The molecule has 0 saturated carbocycles. The van der Waals surface area contributed by atoms with E-state index in [2.05, 4.69) is 11.8 Å². The summed E-state index contributed by atoms with van der Waals surface area (Å²) in [5.41, 5.74) is -0.445. The first-order chi connectivity index (χ1) is 8.20. The number of nitrogens with zero attached hydrogens (tertiary/aromatic N) is 2. The van der Waals surface area contributed by atoms with Crippen LogP contribution < -0.4 is 0 Å². The Balaban J connectivity index is 1.90. The molecule has 2 aliphatic rings. The first kappa shape index (κ1) is 13.6. The highest BCUT2D eigenvalue weighted by Crippen LogP contribution is 2.32. The van der Waals surface area contributed by atoms with Gasteiger partial charge in [-0.05, 0) is 34.1 Å². The lowest BCUT2D eigenvalue weighted by atomic mass is 9.94. The minimum absolute atomic E-state index is 0.00384. The Morgan fingerprint density at radius 2 is 2.00 bits per heavy atom. The highest BCUT2D eigenvalue weighted by Gasteiger charge is 2.45. The van der Waals surface area contributed by atoms with Crippen molar-refractivity contribution in [2.24, 2.45) is 0 Å². The van der Waals surface area contributed by atoms with Crippen molar-refractivity contribution in [2.75, 3.05) is 26.2 Å². The molecule has 1 atom stereocenters. The Bertz CT molecular complexity index is 334. The summed E-state index contributed by atoms with van der Waals surface area (Å²) in [5.74, 6) is 0. The number of amides is 1. The first-order valence-electron chi connectivity index (χ1n) is 6.61. The summed E-state index contributed by atoms with van der Waals surface area (Å²) in [6, 6.07) is 0. The SMILES string of the molecule is CC(C)(C)OC(=O)N1CCC(C)(N2CC(O)C2)C1. The number of β-amino-alcohol motifs (C(OH)–C–C–N with tert-alkyl or cyclic N) is 1. The minimum atomic E-state index is -0.441. The van der Waals surface area contributed by atoms with Crippen molar-refractivity contribution in [3.63, 3.8) is 0 Å². The Labute approximate surface area is 109 Å². The van der Waals surface area contributed by atoms with Gasteiger partial charge in [0.2, 0.25) is 0 Å². The zero-order chi connectivity index (χ0) is 13.6. The standard InChI is InChI=1S/C13H24N2O3/c1-12(2,3)18-11(17)14-6-5-13(4,9-14)15-7-10(16)8-15/h10,16H,5-9H2,1-4H3. The van der Waals surface area contributed by atoms with Gasteiger partial charge in [-0.15, -0.1) is 0 Å². The van der Waals surface area contributed by atoms with Crippen LogP contribution in [0.1, 0.15) is 34.1 Å². The molecular weight excluding hydrogens is 232 g/mol. The molecule has 2 fully saturated rings. The molecule has 2 heterocycles. The number of aliphatic hydroxyl groups excluding tert-OH is 1. The second-order valence-electron chi connectivity index (χ2n) is 6.71. The van der Waals surface area contributed by atoms with Crippen molar-refractivity contribution in [1.82, 2.24) is 9.80 Å². The highest BCUT2D eigenvalue weighted by atomic mass is 16.6. The molecule has 0 aromatic rings. The van der Waals surface area contributed by atoms with E-state index < -0.39 is 5.60 Å². The van der Waals surface area contributed by atoms with E-state index in [0.29, 0.717) is 6.54 Å². The largest absolute Gasteiger partial charge is 0.444 e. The summed E-state index contributed by atoms with van der Waals surface area (Å²) in [6.07, 6.45) is 0.517. The van der Waals surface area contributed by atoms with E-state index in [9.17, 15) is 9.90 Å². The third-order valence-corrected chi connectivity index (χ3v) is 3.73. The van der Waals surface area contributed by atoms with Crippen LogP contribution in [0.2, 0.25) is 0 Å². The molecule has 0 aromatic carbocycles. The number of hydrogen-bond donors (Lipinski definition) is 1. The quantitative estimate of drug-likeness (QED) is 0.762. The van der Waals surface area contributed by atoms with Crippen LogP contribution in [0.25, 0.3) is 0 Å². The molecule has 1 unspecified atom stereocenters. The maximum absolute atomic E-state index is 12.0. The molecule has 0 spiro atoms. The normalized spacial score (nSPS) is 30.4. The maximum Gasteiger partial charge on any atom is 0.410 e. The van der Waals surface area contributed by atoms with Crippen molar-refractivity contribution < 1.29 is 14.6 Å². The molecule has 2 rings (SSSR count). The van der Waals surface area contributed by atoms with E-state index in [1.807, 2.05) is 20.8 Å². The van der Waals surface area contributed by atoms with E-state index in [-0.39, 0.29) is 17.7 Å². The predicted molar refractivity (Wildman–Crippen MR) is 68.4 cm³/mol. The fourth-order valence-electron chi connectivity index (χ4n) is 2.58. The summed E-state index contributed by atoms with van der Waals surface area (Å²) in [7, 11) is 0. The van der Waals surface area contributed by atoms with E-state index in [0.717, 1.165) is 26.1 Å². The van der Waals surface area contributed by atoms with Crippen LogP contribution in [0, 0.1) is 0 Å². The number of aliphatic hydroxyl groups is 1. The van der Waals surface area contributed by atoms with Crippen LogP contribution >= 0.6 is 0 Å². The van der Waals surface area contributed by atoms with Gasteiger partial charge in [-0.1, -0.05) is 0 Å². The van der Waals surface area contributed by atoms with Crippen LogP contribution in [0.15, 0.2) is 0 Å². The van der Waals surface area contributed by atoms with Crippen molar-refractivity contribution in [3.05, 3.63) is 0 Å². The van der Waals surface area contributed by atoms with Crippen LogP contribution in [-0.2, 0) is 4.74 Å². The van der Waals surface area contributed by atoms with Gasteiger partial charge in [0, 0.05) is 31.7 Å². The minimum Gasteiger partial charge on any atom is -0.444 e. The monoisotopic (exact) mass is 256 g/mol. The fourth-order valence-corrected chi connectivity index (χ4v) is 2.58. The van der Waals surface area contributed by atoms with Crippen LogP contribution in [0.5, 0.6) is 0 Å². The molecule has 0 bridgehead atoms. The molecule has 2 aliphatic heterocycles. The second-order valence-corrected chi connectivity index (χ2v) is 6.71. The zero-order valence-electron chi connectivity index (χ0n) is 11.8. The van der Waals surface area contributed by atoms with Gasteiger partial charge >= 0.3 is 6.09 Å². The number of carbonyl (C=O) groups is 1.